The van der Waals surface area contributed by atoms with E-state index in [1.165, 1.54) is 18.2 Å². The zero-order valence-electron chi connectivity index (χ0n) is 10.1. The highest BCUT2D eigenvalue weighted by Crippen LogP contribution is 2.40. The molecule has 1 atom stereocenters. The average Bonchev–Trinajstić information content (AvgIpc) is 2.29. The molecule has 0 heterocycles. The van der Waals surface area contributed by atoms with Crippen LogP contribution in [-0.2, 0) is 4.79 Å². The molecule has 4 heteroatoms. The first-order valence-electron chi connectivity index (χ1n) is 6.23. The Labute approximate surface area is 105 Å². The van der Waals surface area contributed by atoms with E-state index in [1.54, 1.807) is 6.07 Å². The highest BCUT2D eigenvalue weighted by molar-refractivity contribution is 5.77. The van der Waals surface area contributed by atoms with Gasteiger partial charge in [0.25, 0.3) is 0 Å². The summed E-state index contributed by atoms with van der Waals surface area (Å²) in [6, 6.07) is 5.51. The largest absolute Gasteiger partial charge is 0.481 e. The number of hydrogen-bond donors (Lipinski definition) is 2. The number of halogens is 1. The van der Waals surface area contributed by atoms with Crippen LogP contribution in [-0.4, -0.2) is 21.8 Å². The van der Waals surface area contributed by atoms with E-state index in [1.807, 2.05) is 0 Å². The number of hydrogen-bond acceptors (Lipinski definition) is 2. The molecule has 1 aliphatic rings. The molecule has 1 fully saturated rings. The van der Waals surface area contributed by atoms with Gasteiger partial charge in [0.15, 0.2) is 0 Å². The predicted octanol–water partition coefficient (Wildman–Crippen LogP) is 2.69. The molecular formula is C14H17FO3. The first-order chi connectivity index (χ1) is 8.53. The predicted molar refractivity (Wildman–Crippen MR) is 64.8 cm³/mol. The summed E-state index contributed by atoms with van der Waals surface area (Å²) in [4.78, 5) is 11.4. The molecule has 1 aromatic carbocycles. The molecule has 0 saturated heterocycles. The monoisotopic (exact) mass is 252 g/mol. The van der Waals surface area contributed by atoms with Crippen molar-refractivity contribution in [1.29, 1.82) is 0 Å². The van der Waals surface area contributed by atoms with Crippen molar-refractivity contribution in [2.45, 2.75) is 43.6 Å². The first kappa shape index (κ1) is 13.0. The minimum absolute atomic E-state index is 0.340. The zero-order valence-corrected chi connectivity index (χ0v) is 10.1. The van der Waals surface area contributed by atoms with Gasteiger partial charge in [-0.25, -0.2) is 4.39 Å². The molecule has 0 aromatic heterocycles. The Kier molecular flexibility index (Phi) is 3.66. The van der Waals surface area contributed by atoms with Gasteiger partial charge in [0.2, 0.25) is 0 Å². The Balaban J connectivity index is 2.36. The third-order valence-electron chi connectivity index (χ3n) is 3.69. The summed E-state index contributed by atoms with van der Waals surface area (Å²) in [7, 11) is 0. The van der Waals surface area contributed by atoms with Crippen LogP contribution in [0.4, 0.5) is 4.39 Å². The Bertz CT molecular complexity index is 438. The maximum Gasteiger partial charge on any atom is 0.313 e. The van der Waals surface area contributed by atoms with Gasteiger partial charge < -0.3 is 10.2 Å². The normalized spacial score (nSPS) is 20.3. The lowest BCUT2D eigenvalue weighted by Crippen LogP contribution is -2.42. The van der Waals surface area contributed by atoms with E-state index in [-0.39, 0.29) is 0 Å². The van der Waals surface area contributed by atoms with Crippen LogP contribution in [0.25, 0.3) is 0 Å². The van der Waals surface area contributed by atoms with Crippen LogP contribution in [0.15, 0.2) is 24.3 Å². The van der Waals surface area contributed by atoms with Crippen molar-refractivity contribution < 1.29 is 19.4 Å². The molecule has 0 bridgehead atoms. The fraction of sp³-hybridized carbons (Fsp3) is 0.500. The third kappa shape index (κ3) is 2.53. The van der Waals surface area contributed by atoms with Gasteiger partial charge in [-0.05, 0) is 30.5 Å². The van der Waals surface area contributed by atoms with Gasteiger partial charge in [0.05, 0.1) is 5.60 Å². The van der Waals surface area contributed by atoms with E-state index in [2.05, 4.69) is 0 Å². The number of carbonyl (C=O) groups is 1. The summed E-state index contributed by atoms with van der Waals surface area (Å²) in [6.07, 6.45) is 3.56. The maximum absolute atomic E-state index is 13.2. The third-order valence-corrected chi connectivity index (χ3v) is 3.69. The van der Waals surface area contributed by atoms with Crippen molar-refractivity contribution >= 4 is 5.97 Å². The number of carboxylic acid groups (broad SMARTS) is 1. The lowest BCUT2D eigenvalue weighted by atomic mass is 9.73. The van der Waals surface area contributed by atoms with Gasteiger partial charge in [0, 0.05) is 0 Å². The van der Waals surface area contributed by atoms with Crippen molar-refractivity contribution in [3.63, 3.8) is 0 Å². The number of rotatable bonds is 3. The molecular weight excluding hydrogens is 235 g/mol. The van der Waals surface area contributed by atoms with Crippen LogP contribution < -0.4 is 0 Å². The highest BCUT2D eigenvalue weighted by atomic mass is 19.1. The molecule has 0 unspecified atom stereocenters. The van der Waals surface area contributed by atoms with Crippen molar-refractivity contribution in [2.24, 2.45) is 0 Å². The van der Waals surface area contributed by atoms with Gasteiger partial charge >= 0.3 is 5.97 Å². The second kappa shape index (κ2) is 5.06. The smallest absolute Gasteiger partial charge is 0.313 e. The molecule has 1 aliphatic carbocycles. The number of benzene rings is 1. The van der Waals surface area contributed by atoms with Gasteiger partial charge in [0.1, 0.15) is 11.7 Å². The summed E-state index contributed by atoms with van der Waals surface area (Å²) in [5.74, 6) is -2.61. The number of aliphatic hydroxyl groups is 1. The summed E-state index contributed by atoms with van der Waals surface area (Å²) in [5.41, 5.74) is -0.912. The molecule has 0 radical (unpaired) electrons. The van der Waals surface area contributed by atoms with E-state index in [0.29, 0.717) is 18.4 Å². The zero-order chi connectivity index (χ0) is 13.2. The van der Waals surface area contributed by atoms with Crippen molar-refractivity contribution in [3.8, 4) is 0 Å². The van der Waals surface area contributed by atoms with E-state index < -0.39 is 23.3 Å². The van der Waals surface area contributed by atoms with E-state index >= 15 is 0 Å². The molecule has 0 amide bonds. The number of aliphatic carboxylic acids is 1. The maximum atomic E-state index is 13.2. The summed E-state index contributed by atoms with van der Waals surface area (Å²) < 4.78 is 13.2. The fourth-order valence-electron chi connectivity index (χ4n) is 2.82. The van der Waals surface area contributed by atoms with Crippen molar-refractivity contribution in [3.05, 3.63) is 35.6 Å². The summed E-state index contributed by atoms with van der Waals surface area (Å²) in [5, 5.41) is 19.9. The SMILES string of the molecule is O=C(O)[C@H](c1cccc(F)c1)C1(O)CCCCC1. The molecule has 3 nitrogen and oxygen atoms in total. The van der Waals surface area contributed by atoms with Crippen LogP contribution in [0.5, 0.6) is 0 Å². The van der Waals surface area contributed by atoms with Crippen molar-refractivity contribution in [1.82, 2.24) is 0 Å². The molecule has 1 saturated carbocycles. The van der Waals surface area contributed by atoms with Gasteiger partial charge in [-0.15, -0.1) is 0 Å². The van der Waals surface area contributed by atoms with Crippen LogP contribution in [0, 0.1) is 5.82 Å². The lowest BCUT2D eigenvalue weighted by Gasteiger charge is -2.37. The molecule has 2 N–H and O–H groups in total. The van der Waals surface area contributed by atoms with E-state index in [4.69, 9.17) is 0 Å². The second-order valence-corrected chi connectivity index (χ2v) is 4.99. The van der Waals surface area contributed by atoms with Crippen molar-refractivity contribution in [2.75, 3.05) is 0 Å². The van der Waals surface area contributed by atoms with E-state index in [9.17, 15) is 19.4 Å². The van der Waals surface area contributed by atoms with Crippen LogP contribution >= 0.6 is 0 Å². The molecule has 1 aromatic rings. The second-order valence-electron chi connectivity index (χ2n) is 4.99. The molecule has 98 valence electrons. The quantitative estimate of drug-likeness (QED) is 0.869. The van der Waals surface area contributed by atoms with Crippen LogP contribution in [0.1, 0.15) is 43.6 Å². The summed E-state index contributed by atoms with van der Waals surface area (Å²) in [6.45, 7) is 0. The van der Waals surface area contributed by atoms with Crippen LogP contribution in [0.2, 0.25) is 0 Å². The molecule has 0 aliphatic heterocycles. The fourth-order valence-corrected chi connectivity index (χ4v) is 2.82. The van der Waals surface area contributed by atoms with Gasteiger partial charge in [-0.3, -0.25) is 4.79 Å². The molecule has 0 spiro atoms. The molecule has 18 heavy (non-hydrogen) atoms. The standard InChI is InChI=1S/C14H17FO3/c15-11-6-4-5-10(9-11)12(13(16)17)14(18)7-2-1-3-8-14/h4-6,9,12,18H,1-3,7-8H2,(H,16,17)/t12-/m0/s1. The highest BCUT2D eigenvalue weighted by Gasteiger charge is 2.43. The Morgan fingerprint density at radius 2 is 1.94 bits per heavy atom. The van der Waals surface area contributed by atoms with E-state index in [0.717, 1.165) is 19.3 Å². The minimum Gasteiger partial charge on any atom is -0.481 e. The van der Waals surface area contributed by atoms with Gasteiger partial charge in [-0.1, -0.05) is 31.4 Å². The number of carboxylic acids is 1. The summed E-state index contributed by atoms with van der Waals surface area (Å²) >= 11 is 0. The van der Waals surface area contributed by atoms with Crippen LogP contribution in [0.3, 0.4) is 0 Å². The Morgan fingerprint density at radius 3 is 2.50 bits per heavy atom. The topological polar surface area (TPSA) is 57.5 Å². The Morgan fingerprint density at radius 1 is 1.28 bits per heavy atom. The van der Waals surface area contributed by atoms with Gasteiger partial charge in [-0.2, -0.15) is 0 Å². The first-order valence-corrected chi connectivity index (χ1v) is 6.23. The Hall–Kier alpha value is -1.42. The average molecular weight is 252 g/mol. The lowest BCUT2D eigenvalue weighted by molar-refractivity contribution is -0.147. The molecule has 2 rings (SSSR count). The minimum atomic E-state index is -1.25.